The quantitative estimate of drug-likeness (QED) is 0.501. The van der Waals surface area contributed by atoms with E-state index < -0.39 is 0 Å². The Kier molecular flexibility index (Phi) is 3.63. The summed E-state index contributed by atoms with van der Waals surface area (Å²) in [7, 11) is 0. The van der Waals surface area contributed by atoms with Crippen molar-refractivity contribution in [1.29, 1.82) is 0 Å². The highest BCUT2D eigenvalue weighted by Gasteiger charge is 2.36. The topological polar surface area (TPSA) is 37.4 Å². The van der Waals surface area contributed by atoms with E-state index in [1.54, 1.807) is 6.08 Å². The van der Waals surface area contributed by atoms with E-state index in [4.69, 9.17) is 0 Å². The molecule has 2 amide bonds. The third kappa shape index (κ3) is 2.10. The Morgan fingerprint density at radius 2 is 2.29 bits per heavy atom. The minimum absolute atomic E-state index is 0.0620. The van der Waals surface area contributed by atoms with E-state index >= 15 is 0 Å². The molecule has 0 aromatic carbocycles. The summed E-state index contributed by atoms with van der Waals surface area (Å²) in [5.41, 5.74) is 0. The molecule has 1 fully saturated rings. The molecule has 1 saturated heterocycles. The molecule has 1 aliphatic heterocycles. The third-order valence-electron chi connectivity index (χ3n) is 2.31. The molecule has 0 aromatic heterocycles. The minimum Gasteiger partial charge on any atom is -0.278 e. The summed E-state index contributed by atoms with van der Waals surface area (Å²) >= 11 is 0. The molecule has 1 atom stereocenters. The number of hydrogen-bond donors (Lipinski definition) is 0. The van der Waals surface area contributed by atoms with E-state index in [0.29, 0.717) is 19.4 Å². The first-order valence-electron chi connectivity index (χ1n) is 4.77. The van der Waals surface area contributed by atoms with E-state index in [2.05, 4.69) is 6.58 Å². The van der Waals surface area contributed by atoms with E-state index in [9.17, 15) is 9.59 Å². The highest BCUT2D eigenvalue weighted by Crippen LogP contribution is 2.22. The van der Waals surface area contributed by atoms with Crippen molar-refractivity contribution in [3.8, 4) is 0 Å². The zero-order valence-corrected chi connectivity index (χ0v) is 8.40. The molecule has 14 heavy (non-hydrogen) atoms. The molecule has 1 rings (SSSR count). The van der Waals surface area contributed by atoms with Gasteiger partial charge in [0.2, 0.25) is 11.8 Å². The van der Waals surface area contributed by atoms with Gasteiger partial charge in [-0.2, -0.15) is 0 Å². The van der Waals surface area contributed by atoms with Gasteiger partial charge >= 0.3 is 0 Å². The van der Waals surface area contributed by atoms with Crippen molar-refractivity contribution in [2.24, 2.45) is 5.92 Å². The van der Waals surface area contributed by atoms with Gasteiger partial charge in [-0.05, 0) is 13.3 Å². The van der Waals surface area contributed by atoms with E-state index in [0.717, 1.165) is 0 Å². The Balaban J connectivity index is 2.63. The molecule has 0 N–H and O–H groups in total. The number of likely N-dealkylation sites (tertiary alicyclic amines) is 1. The van der Waals surface area contributed by atoms with Crippen LogP contribution in [0.25, 0.3) is 0 Å². The fraction of sp³-hybridized carbons (Fsp3) is 0.455. The first kappa shape index (κ1) is 10.7. The number of carbonyl (C=O) groups excluding carboxylic acids is 2. The van der Waals surface area contributed by atoms with Crippen LogP contribution >= 0.6 is 0 Å². The lowest BCUT2D eigenvalue weighted by atomic mass is 10.0. The Bertz CT molecular complexity index is 281. The van der Waals surface area contributed by atoms with Crippen LogP contribution in [0.1, 0.15) is 19.8 Å². The van der Waals surface area contributed by atoms with Gasteiger partial charge in [0, 0.05) is 13.0 Å². The fourth-order valence-electron chi connectivity index (χ4n) is 1.56. The maximum absolute atomic E-state index is 11.6. The van der Waals surface area contributed by atoms with Crippen LogP contribution in [0, 0.1) is 5.92 Å². The molecule has 0 spiro atoms. The molecule has 0 bridgehead atoms. The number of rotatable bonds is 4. The largest absolute Gasteiger partial charge is 0.278 e. The van der Waals surface area contributed by atoms with Crippen molar-refractivity contribution in [2.75, 3.05) is 6.54 Å². The minimum atomic E-state index is -0.154. The molecule has 0 aliphatic carbocycles. The molecule has 0 radical (unpaired) electrons. The highest BCUT2D eigenvalue weighted by atomic mass is 16.2. The first-order chi connectivity index (χ1) is 6.70. The smallest absolute Gasteiger partial charge is 0.233 e. The van der Waals surface area contributed by atoms with Crippen molar-refractivity contribution >= 4 is 11.8 Å². The van der Waals surface area contributed by atoms with Gasteiger partial charge in [-0.1, -0.05) is 18.2 Å². The lowest BCUT2D eigenvalue weighted by Crippen LogP contribution is -2.30. The van der Waals surface area contributed by atoms with Crippen LogP contribution in [0.2, 0.25) is 0 Å². The lowest BCUT2D eigenvalue weighted by Gasteiger charge is -2.11. The number of nitrogens with zero attached hydrogens (tertiary/aromatic N) is 1. The molecule has 76 valence electrons. The molecular weight excluding hydrogens is 178 g/mol. The summed E-state index contributed by atoms with van der Waals surface area (Å²) in [4.78, 5) is 24.3. The number of allylic oxidation sites excluding steroid dienone is 2. The van der Waals surface area contributed by atoms with Crippen LogP contribution < -0.4 is 0 Å². The number of hydrogen-bond acceptors (Lipinski definition) is 2. The summed E-state index contributed by atoms with van der Waals surface area (Å²) in [5.74, 6) is -0.295. The molecule has 1 heterocycles. The average Bonchev–Trinajstić information content (AvgIpc) is 2.43. The number of imide groups is 1. The van der Waals surface area contributed by atoms with Crippen molar-refractivity contribution in [1.82, 2.24) is 4.90 Å². The molecular formula is C11H15NO2. The van der Waals surface area contributed by atoms with Gasteiger partial charge in [-0.15, -0.1) is 6.58 Å². The highest BCUT2D eigenvalue weighted by molar-refractivity contribution is 6.03. The van der Waals surface area contributed by atoms with Crippen LogP contribution in [-0.2, 0) is 9.59 Å². The Morgan fingerprint density at radius 1 is 1.57 bits per heavy atom. The van der Waals surface area contributed by atoms with Gasteiger partial charge in [-0.25, -0.2) is 0 Å². The van der Waals surface area contributed by atoms with Gasteiger partial charge in [0.15, 0.2) is 0 Å². The lowest BCUT2D eigenvalue weighted by molar-refractivity contribution is -0.138. The van der Waals surface area contributed by atoms with Crippen LogP contribution in [-0.4, -0.2) is 23.3 Å². The predicted octanol–water partition coefficient (Wildman–Crippen LogP) is 1.51. The zero-order chi connectivity index (χ0) is 10.6. The molecule has 3 nitrogen and oxygen atoms in total. The zero-order valence-electron chi connectivity index (χ0n) is 8.40. The Labute approximate surface area is 84.1 Å². The van der Waals surface area contributed by atoms with Gasteiger partial charge in [0.05, 0.1) is 5.92 Å². The van der Waals surface area contributed by atoms with Gasteiger partial charge in [0.25, 0.3) is 0 Å². The summed E-state index contributed by atoms with van der Waals surface area (Å²) in [6.45, 7) is 5.76. The number of carbonyl (C=O) groups is 2. The Hall–Kier alpha value is -1.38. The van der Waals surface area contributed by atoms with E-state index in [-0.39, 0.29) is 17.7 Å². The van der Waals surface area contributed by atoms with Crippen molar-refractivity contribution in [3.63, 3.8) is 0 Å². The maximum atomic E-state index is 11.6. The number of amides is 2. The van der Waals surface area contributed by atoms with Gasteiger partial charge in [0.1, 0.15) is 0 Å². The summed E-state index contributed by atoms with van der Waals surface area (Å²) in [6.07, 6.45) is 6.40. The van der Waals surface area contributed by atoms with Crippen LogP contribution in [0.4, 0.5) is 0 Å². The monoisotopic (exact) mass is 193 g/mol. The third-order valence-corrected chi connectivity index (χ3v) is 2.31. The second-order valence-electron chi connectivity index (χ2n) is 3.34. The Morgan fingerprint density at radius 3 is 2.86 bits per heavy atom. The van der Waals surface area contributed by atoms with Crippen molar-refractivity contribution in [3.05, 3.63) is 24.8 Å². The van der Waals surface area contributed by atoms with Crippen LogP contribution in [0.15, 0.2) is 24.8 Å². The summed E-state index contributed by atoms with van der Waals surface area (Å²) in [5, 5.41) is 0. The normalized spacial score (nSPS) is 22.4. The second kappa shape index (κ2) is 4.74. The van der Waals surface area contributed by atoms with Crippen molar-refractivity contribution < 1.29 is 9.59 Å². The van der Waals surface area contributed by atoms with Crippen LogP contribution in [0.5, 0.6) is 0 Å². The van der Waals surface area contributed by atoms with Crippen LogP contribution in [0.3, 0.4) is 0 Å². The first-order valence-corrected chi connectivity index (χ1v) is 4.77. The molecule has 1 unspecified atom stereocenters. The SMILES string of the molecule is C=CCN1C(=O)CC(C/C=C/C)C1=O. The molecule has 3 heteroatoms. The molecule has 1 aliphatic rings. The fourth-order valence-corrected chi connectivity index (χ4v) is 1.56. The van der Waals surface area contributed by atoms with Gasteiger partial charge < -0.3 is 0 Å². The molecule has 0 saturated carbocycles. The van der Waals surface area contributed by atoms with E-state index in [1.807, 2.05) is 19.1 Å². The average molecular weight is 193 g/mol. The standard InChI is InChI=1S/C11H15NO2/c1-3-5-6-9-8-10(13)12(7-4-2)11(9)14/h3-5,9H,2,6-8H2,1H3/b5-3+. The summed E-state index contributed by atoms with van der Waals surface area (Å²) in [6, 6.07) is 0. The predicted molar refractivity (Wildman–Crippen MR) is 54.5 cm³/mol. The molecule has 0 aromatic rings. The second-order valence-corrected chi connectivity index (χ2v) is 3.34. The van der Waals surface area contributed by atoms with Crippen molar-refractivity contribution in [2.45, 2.75) is 19.8 Å². The summed E-state index contributed by atoms with van der Waals surface area (Å²) < 4.78 is 0. The van der Waals surface area contributed by atoms with Gasteiger partial charge in [-0.3, -0.25) is 14.5 Å². The van der Waals surface area contributed by atoms with E-state index in [1.165, 1.54) is 4.90 Å². The maximum Gasteiger partial charge on any atom is 0.233 e.